The third kappa shape index (κ3) is 2.40. The van der Waals surface area contributed by atoms with Crippen LogP contribution in [-0.4, -0.2) is 41.0 Å². The van der Waals surface area contributed by atoms with Gasteiger partial charge in [0.1, 0.15) is 5.69 Å². The van der Waals surface area contributed by atoms with Crippen molar-refractivity contribution in [3.05, 3.63) is 24.0 Å². The van der Waals surface area contributed by atoms with Crippen LogP contribution in [0.15, 0.2) is 18.3 Å². The minimum absolute atomic E-state index is 0. The lowest BCUT2D eigenvalue weighted by Crippen LogP contribution is -2.48. The number of rotatable bonds is 2. The van der Waals surface area contributed by atoms with E-state index < -0.39 is 0 Å². The van der Waals surface area contributed by atoms with E-state index in [1.165, 1.54) is 12.8 Å². The predicted octanol–water partition coefficient (Wildman–Crippen LogP) is 1.79. The summed E-state index contributed by atoms with van der Waals surface area (Å²) in [6, 6.07) is 5.35. The highest BCUT2D eigenvalue weighted by Gasteiger charge is 2.36. The smallest absolute Gasteiger partial charge is 0.270 e. The summed E-state index contributed by atoms with van der Waals surface area (Å²) in [5, 5.41) is 3.60. The quantitative estimate of drug-likeness (QED) is 0.860. The summed E-state index contributed by atoms with van der Waals surface area (Å²) >= 11 is 0. The fourth-order valence-corrected chi connectivity index (χ4v) is 3.16. The summed E-state index contributed by atoms with van der Waals surface area (Å²) in [4.78, 5) is 17.1. The summed E-state index contributed by atoms with van der Waals surface area (Å²) in [7, 11) is 1.93. The van der Waals surface area contributed by atoms with Crippen molar-refractivity contribution in [2.75, 3.05) is 7.05 Å². The molecule has 2 fully saturated rings. The molecule has 2 bridgehead atoms. The van der Waals surface area contributed by atoms with Crippen molar-refractivity contribution in [3.8, 4) is 0 Å². The highest BCUT2D eigenvalue weighted by atomic mass is 35.5. The van der Waals surface area contributed by atoms with Crippen LogP contribution in [0.2, 0.25) is 0 Å². The van der Waals surface area contributed by atoms with E-state index in [0.29, 0.717) is 23.8 Å². The number of halogens is 1. The van der Waals surface area contributed by atoms with Crippen LogP contribution in [0.5, 0.6) is 0 Å². The SMILES string of the molecule is CN(C(=O)c1ccc[nH]1)C1CC2CCC(C1)N2.Cl. The summed E-state index contributed by atoms with van der Waals surface area (Å²) in [5.74, 6) is 0.112. The van der Waals surface area contributed by atoms with Crippen LogP contribution in [0.1, 0.15) is 36.2 Å². The van der Waals surface area contributed by atoms with E-state index in [2.05, 4.69) is 10.3 Å². The van der Waals surface area contributed by atoms with Crippen molar-refractivity contribution in [1.29, 1.82) is 0 Å². The molecule has 2 N–H and O–H groups in total. The van der Waals surface area contributed by atoms with E-state index in [1.54, 1.807) is 6.20 Å². The lowest BCUT2D eigenvalue weighted by Gasteiger charge is -2.35. The molecule has 2 atom stereocenters. The molecular formula is C13H20ClN3O. The fourth-order valence-electron chi connectivity index (χ4n) is 3.16. The lowest BCUT2D eigenvalue weighted by atomic mass is 9.98. The van der Waals surface area contributed by atoms with Gasteiger partial charge in [0.25, 0.3) is 5.91 Å². The van der Waals surface area contributed by atoms with E-state index in [4.69, 9.17) is 0 Å². The number of amides is 1. The maximum Gasteiger partial charge on any atom is 0.270 e. The Bertz CT molecular complexity index is 394. The molecule has 0 saturated carbocycles. The van der Waals surface area contributed by atoms with Crippen LogP contribution in [0.3, 0.4) is 0 Å². The normalized spacial score (nSPS) is 29.7. The molecule has 2 unspecified atom stereocenters. The van der Waals surface area contributed by atoms with E-state index in [0.717, 1.165) is 12.8 Å². The number of fused-ring (bicyclic) bond motifs is 2. The standard InChI is InChI=1S/C13H19N3O.ClH/c1-16(13(17)12-3-2-6-14-12)11-7-9-4-5-10(8-11)15-9;/h2-3,6,9-11,14-15H,4-5,7-8H2,1H3;1H. The molecule has 18 heavy (non-hydrogen) atoms. The molecule has 2 aliphatic heterocycles. The summed E-state index contributed by atoms with van der Waals surface area (Å²) in [6.45, 7) is 0. The van der Waals surface area contributed by atoms with Gasteiger partial charge in [-0.1, -0.05) is 0 Å². The Morgan fingerprint density at radius 1 is 1.33 bits per heavy atom. The summed E-state index contributed by atoms with van der Waals surface area (Å²) < 4.78 is 0. The average Bonchev–Trinajstić information content (AvgIpc) is 2.97. The number of aromatic nitrogens is 1. The van der Waals surface area contributed by atoms with Crippen molar-refractivity contribution in [2.45, 2.75) is 43.8 Å². The average molecular weight is 270 g/mol. The molecular weight excluding hydrogens is 250 g/mol. The molecule has 2 saturated heterocycles. The zero-order valence-electron chi connectivity index (χ0n) is 10.6. The molecule has 1 aromatic heterocycles. The third-order valence-electron chi connectivity index (χ3n) is 4.14. The van der Waals surface area contributed by atoms with Crippen LogP contribution in [0.4, 0.5) is 0 Å². The van der Waals surface area contributed by atoms with Crippen molar-refractivity contribution in [1.82, 2.24) is 15.2 Å². The first-order chi connectivity index (χ1) is 8.24. The van der Waals surface area contributed by atoms with Crippen molar-refractivity contribution in [3.63, 3.8) is 0 Å². The Morgan fingerprint density at radius 2 is 2.00 bits per heavy atom. The van der Waals surface area contributed by atoms with E-state index >= 15 is 0 Å². The molecule has 3 heterocycles. The zero-order chi connectivity index (χ0) is 11.8. The topological polar surface area (TPSA) is 48.1 Å². The number of H-pyrrole nitrogens is 1. The van der Waals surface area contributed by atoms with E-state index in [9.17, 15) is 4.79 Å². The molecule has 100 valence electrons. The van der Waals surface area contributed by atoms with Crippen molar-refractivity contribution < 1.29 is 4.79 Å². The minimum Gasteiger partial charge on any atom is -0.357 e. The molecule has 5 heteroatoms. The number of carbonyl (C=O) groups is 1. The highest BCUT2D eigenvalue weighted by molar-refractivity contribution is 5.92. The van der Waals surface area contributed by atoms with Gasteiger partial charge < -0.3 is 15.2 Å². The van der Waals surface area contributed by atoms with Gasteiger partial charge in [0, 0.05) is 31.4 Å². The van der Waals surface area contributed by atoms with Crippen LogP contribution in [0, 0.1) is 0 Å². The molecule has 1 aromatic rings. The highest BCUT2D eigenvalue weighted by Crippen LogP contribution is 2.29. The van der Waals surface area contributed by atoms with Crippen molar-refractivity contribution in [2.24, 2.45) is 0 Å². The Hall–Kier alpha value is -1.00. The largest absolute Gasteiger partial charge is 0.357 e. The first-order valence-corrected chi connectivity index (χ1v) is 6.40. The number of carbonyl (C=O) groups excluding carboxylic acids is 1. The van der Waals surface area contributed by atoms with Gasteiger partial charge in [-0.15, -0.1) is 12.4 Å². The maximum absolute atomic E-state index is 12.2. The van der Waals surface area contributed by atoms with Gasteiger partial charge >= 0.3 is 0 Å². The van der Waals surface area contributed by atoms with Crippen LogP contribution in [0.25, 0.3) is 0 Å². The first kappa shape index (κ1) is 13.4. The fraction of sp³-hybridized carbons (Fsp3) is 0.615. The molecule has 2 aliphatic rings. The molecule has 0 spiro atoms. The molecule has 0 radical (unpaired) electrons. The number of hydrogen-bond donors (Lipinski definition) is 2. The van der Waals surface area contributed by atoms with Gasteiger partial charge in [-0.2, -0.15) is 0 Å². The van der Waals surface area contributed by atoms with E-state index in [-0.39, 0.29) is 18.3 Å². The lowest BCUT2D eigenvalue weighted by molar-refractivity contribution is 0.0676. The van der Waals surface area contributed by atoms with Gasteiger partial charge in [0.15, 0.2) is 0 Å². The second-order valence-corrected chi connectivity index (χ2v) is 5.26. The van der Waals surface area contributed by atoms with Gasteiger partial charge in [0.05, 0.1) is 0 Å². The summed E-state index contributed by atoms with van der Waals surface area (Å²) in [6.07, 6.45) is 6.53. The van der Waals surface area contributed by atoms with Crippen LogP contribution >= 0.6 is 12.4 Å². The Morgan fingerprint density at radius 3 is 2.56 bits per heavy atom. The molecule has 0 aliphatic carbocycles. The second-order valence-electron chi connectivity index (χ2n) is 5.26. The Balaban J connectivity index is 0.00000120. The Labute approximate surface area is 114 Å². The second kappa shape index (κ2) is 5.33. The maximum atomic E-state index is 12.2. The van der Waals surface area contributed by atoms with E-state index in [1.807, 2.05) is 24.1 Å². The Kier molecular flexibility index (Phi) is 3.97. The van der Waals surface area contributed by atoms with Gasteiger partial charge in [-0.05, 0) is 37.8 Å². The number of piperidine rings is 1. The number of nitrogens with one attached hydrogen (secondary N) is 2. The van der Waals surface area contributed by atoms with Crippen LogP contribution < -0.4 is 5.32 Å². The molecule has 4 nitrogen and oxygen atoms in total. The summed E-state index contributed by atoms with van der Waals surface area (Å²) in [5.41, 5.74) is 0.693. The van der Waals surface area contributed by atoms with Gasteiger partial charge in [0.2, 0.25) is 0 Å². The number of nitrogens with zero attached hydrogens (tertiary/aromatic N) is 1. The molecule has 3 rings (SSSR count). The van der Waals surface area contributed by atoms with Crippen molar-refractivity contribution >= 4 is 18.3 Å². The van der Waals surface area contributed by atoms with Gasteiger partial charge in [-0.3, -0.25) is 4.79 Å². The number of hydrogen-bond acceptors (Lipinski definition) is 2. The zero-order valence-corrected chi connectivity index (χ0v) is 11.4. The van der Waals surface area contributed by atoms with Crippen LogP contribution in [-0.2, 0) is 0 Å². The monoisotopic (exact) mass is 269 g/mol. The minimum atomic E-state index is 0. The van der Waals surface area contributed by atoms with Gasteiger partial charge in [-0.25, -0.2) is 0 Å². The number of aromatic amines is 1. The molecule has 0 aromatic carbocycles. The predicted molar refractivity (Wildman–Crippen MR) is 73.1 cm³/mol. The molecule has 1 amide bonds. The third-order valence-corrected chi connectivity index (χ3v) is 4.14. The first-order valence-electron chi connectivity index (χ1n) is 6.40.